The molecule has 0 bridgehead atoms. The molecule has 22 heavy (non-hydrogen) atoms. The van der Waals surface area contributed by atoms with Crippen molar-refractivity contribution in [3.05, 3.63) is 75.3 Å². The maximum Gasteiger partial charge on any atom is 0.269 e. The maximum absolute atomic E-state index is 10.8. The van der Waals surface area contributed by atoms with Gasteiger partial charge in [0.1, 0.15) is 0 Å². The zero-order chi connectivity index (χ0) is 15.4. The molecule has 1 N–H and O–H groups in total. The van der Waals surface area contributed by atoms with E-state index in [-0.39, 0.29) is 16.7 Å². The maximum atomic E-state index is 10.8. The number of hydrogen-bond acceptors (Lipinski definition) is 4. The van der Waals surface area contributed by atoms with E-state index in [0.717, 1.165) is 18.6 Å². The molecule has 0 saturated carbocycles. The van der Waals surface area contributed by atoms with Gasteiger partial charge in [-0.05, 0) is 23.1 Å². The van der Waals surface area contributed by atoms with Crippen molar-refractivity contribution in [1.29, 1.82) is 0 Å². The van der Waals surface area contributed by atoms with Crippen molar-refractivity contribution in [3.8, 4) is 0 Å². The molecular weight excluding hydrogens is 280 g/mol. The summed E-state index contributed by atoms with van der Waals surface area (Å²) in [6.07, 6.45) is 1.00. The van der Waals surface area contributed by atoms with Gasteiger partial charge in [-0.25, -0.2) is 0 Å². The fraction of sp³-hybridized carbons (Fsp3) is 0.294. The minimum absolute atomic E-state index is 0.0450. The lowest BCUT2D eigenvalue weighted by atomic mass is 9.97. The summed E-state index contributed by atoms with van der Waals surface area (Å²) in [5.41, 5.74) is 3.60. The van der Waals surface area contributed by atoms with Crippen LogP contribution in [0.15, 0.2) is 48.5 Å². The molecule has 0 aliphatic carbocycles. The number of nitro groups is 1. The molecule has 1 atom stereocenters. The Kier molecular flexibility index (Phi) is 4.46. The van der Waals surface area contributed by atoms with Gasteiger partial charge in [-0.2, -0.15) is 0 Å². The Morgan fingerprint density at radius 3 is 2.95 bits per heavy atom. The second-order valence-electron chi connectivity index (χ2n) is 5.37. The summed E-state index contributed by atoms with van der Waals surface area (Å²) < 4.78 is 5.83. The third kappa shape index (κ3) is 3.32. The van der Waals surface area contributed by atoms with Gasteiger partial charge in [-0.3, -0.25) is 10.1 Å². The first kappa shape index (κ1) is 14.7. The van der Waals surface area contributed by atoms with Gasteiger partial charge in [-0.15, -0.1) is 0 Å². The molecule has 0 amide bonds. The van der Waals surface area contributed by atoms with E-state index in [1.165, 1.54) is 17.2 Å². The molecule has 0 saturated heterocycles. The Labute approximate surface area is 129 Å². The van der Waals surface area contributed by atoms with Crippen molar-refractivity contribution in [2.75, 3.05) is 13.2 Å². The lowest BCUT2D eigenvalue weighted by molar-refractivity contribution is -0.384. The standard InChI is InChI=1S/C17H18N2O3/c20-19(21)15-6-3-4-13(10-15)11-18-12-17-16-7-2-1-5-14(16)8-9-22-17/h1-7,10,17-18H,8-9,11-12H2/t17-/m1/s1. The topological polar surface area (TPSA) is 64.4 Å². The van der Waals surface area contributed by atoms with Crippen LogP contribution in [-0.4, -0.2) is 18.1 Å². The van der Waals surface area contributed by atoms with Crippen molar-refractivity contribution in [1.82, 2.24) is 5.32 Å². The van der Waals surface area contributed by atoms with Crippen molar-refractivity contribution < 1.29 is 9.66 Å². The first-order valence-corrected chi connectivity index (χ1v) is 7.37. The van der Waals surface area contributed by atoms with Gasteiger partial charge in [0.05, 0.1) is 17.6 Å². The first-order chi connectivity index (χ1) is 10.7. The number of ether oxygens (including phenoxy) is 1. The largest absolute Gasteiger partial charge is 0.372 e. The number of fused-ring (bicyclic) bond motifs is 1. The summed E-state index contributed by atoms with van der Waals surface area (Å²) in [5.74, 6) is 0. The van der Waals surface area contributed by atoms with Crippen molar-refractivity contribution in [3.63, 3.8) is 0 Å². The molecule has 0 fully saturated rings. The molecule has 2 aromatic carbocycles. The summed E-state index contributed by atoms with van der Waals surface area (Å²) in [7, 11) is 0. The fourth-order valence-electron chi connectivity index (χ4n) is 2.77. The Morgan fingerprint density at radius 2 is 2.09 bits per heavy atom. The van der Waals surface area contributed by atoms with Crippen molar-refractivity contribution in [2.45, 2.75) is 19.1 Å². The number of nitrogens with one attached hydrogen (secondary N) is 1. The van der Waals surface area contributed by atoms with Crippen LogP contribution in [0.4, 0.5) is 5.69 Å². The number of rotatable bonds is 5. The van der Waals surface area contributed by atoms with Gasteiger partial charge in [0.25, 0.3) is 5.69 Å². The first-order valence-electron chi connectivity index (χ1n) is 7.37. The molecule has 0 spiro atoms. The zero-order valence-electron chi connectivity index (χ0n) is 12.2. The van der Waals surface area contributed by atoms with E-state index in [1.54, 1.807) is 12.1 Å². The van der Waals surface area contributed by atoms with Gasteiger partial charge in [0.2, 0.25) is 0 Å². The van der Waals surface area contributed by atoms with Crippen LogP contribution < -0.4 is 5.32 Å². The van der Waals surface area contributed by atoms with Crippen molar-refractivity contribution in [2.24, 2.45) is 0 Å². The molecule has 0 aromatic heterocycles. The van der Waals surface area contributed by atoms with E-state index in [9.17, 15) is 10.1 Å². The molecule has 1 heterocycles. The second-order valence-corrected chi connectivity index (χ2v) is 5.37. The lowest BCUT2D eigenvalue weighted by Crippen LogP contribution is -2.27. The van der Waals surface area contributed by atoms with Crippen molar-refractivity contribution >= 4 is 5.69 Å². The minimum atomic E-state index is -0.371. The number of benzene rings is 2. The predicted octanol–water partition coefficient (Wildman–Crippen LogP) is 3.00. The number of nitrogens with zero attached hydrogens (tertiary/aromatic N) is 1. The summed E-state index contributed by atoms with van der Waals surface area (Å²) >= 11 is 0. The normalized spacial score (nSPS) is 17.0. The molecule has 3 rings (SSSR count). The molecule has 0 unspecified atom stereocenters. The highest BCUT2D eigenvalue weighted by atomic mass is 16.6. The second kappa shape index (κ2) is 6.68. The third-order valence-electron chi connectivity index (χ3n) is 3.87. The van der Waals surface area contributed by atoms with Gasteiger partial charge >= 0.3 is 0 Å². The minimum Gasteiger partial charge on any atom is -0.372 e. The van der Waals surface area contributed by atoms with E-state index in [1.807, 2.05) is 12.1 Å². The summed E-state index contributed by atoms with van der Waals surface area (Å²) in [4.78, 5) is 10.4. The Hall–Kier alpha value is -2.24. The molecular formula is C17H18N2O3. The molecule has 5 nitrogen and oxygen atoms in total. The van der Waals surface area contributed by atoms with Gasteiger partial charge in [-0.1, -0.05) is 36.4 Å². The van der Waals surface area contributed by atoms with Crippen LogP contribution in [0.3, 0.4) is 0 Å². The van der Waals surface area contributed by atoms with E-state index in [0.29, 0.717) is 13.1 Å². The van der Waals surface area contributed by atoms with E-state index in [4.69, 9.17) is 4.74 Å². The van der Waals surface area contributed by atoms with E-state index >= 15 is 0 Å². The third-order valence-corrected chi connectivity index (χ3v) is 3.87. The number of hydrogen-bond donors (Lipinski definition) is 1. The quantitative estimate of drug-likeness (QED) is 0.681. The average molecular weight is 298 g/mol. The van der Waals surface area contributed by atoms with Crippen LogP contribution in [0, 0.1) is 10.1 Å². The van der Waals surface area contributed by atoms with Gasteiger partial charge < -0.3 is 10.1 Å². The van der Waals surface area contributed by atoms with E-state index in [2.05, 4.69) is 23.5 Å². The Morgan fingerprint density at radius 1 is 1.23 bits per heavy atom. The highest BCUT2D eigenvalue weighted by Crippen LogP contribution is 2.26. The number of non-ortho nitro benzene ring substituents is 1. The summed E-state index contributed by atoms with van der Waals surface area (Å²) in [5, 5.41) is 14.1. The van der Waals surface area contributed by atoms with Crippen LogP contribution in [0.5, 0.6) is 0 Å². The fourth-order valence-corrected chi connectivity index (χ4v) is 2.77. The van der Waals surface area contributed by atoms with Crippen LogP contribution in [0.1, 0.15) is 22.8 Å². The molecule has 114 valence electrons. The van der Waals surface area contributed by atoms with Crippen LogP contribution in [-0.2, 0) is 17.7 Å². The monoisotopic (exact) mass is 298 g/mol. The smallest absolute Gasteiger partial charge is 0.269 e. The molecule has 0 radical (unpaired) electrons. The average Bonchev–Trinajstić information content (AvgIpc) is 2.55. The number of nitro benzene ring substituents is 1. The summed E-state index contributed by atoms with van der Waals surface area (Å²) in [6.45, 7) is 2.02. The van der Waals surface area contributed by atoms with Crippen LogP contribution in [0.2, 0.25) is 0 Å². The van der Waals surface area contributed by atoms with Crippen LogP contribution in [0.25, 0.3) is 0 Å². The molecule has 1 aliphatic heterocycles. The predicted molar refractivity (Wildman–Crippen MR) is 83.6 cm³/mol. The molecule has 5 heteroatoms. The summed E-state index contributed by atoms with van der Waals surface area (Å²) in [6, 6.07) is 15.0. The zero-order valence-corrected chi connectivity index (χ0v) is 12.2. The Balaban J connectivity index is 1.60. The molecule has 1 aliphatic rings. The van der Waals surface area contributed by atoms with Gasteiger partial charge in [0.15, 0.2) is 0 Å². The Bertz CT molecular complexity index is 672. The van der Waals surface area contributed by atoms with E-state index < -0.39 is 0 Å². The highest BCUT2D eigenvalue weighted by Gasteiger charge is 2.19. The SMILES string of the molecule is O=[N+]([O-])c1cccc(CNC[C@H]2OCCc3ccccc32)c1. The van der Waals surface area contributed by atoms with Gasteiger partial charge in [0, 0.05) is 25.2 Å². The highest BCUT2D eigenvalue weighted by molar-refractivity contribution is 5.34. The lowest BCUT2D eigenvalue weighted by Gasteiger charge is -2.26. The van der Waals surface area contributed by atoms with Crippen LogP contribution >= 0.6 is 0 Å². The molecule has 2 aromatic rings.